The fraction of sp³-hybridized carbons (Fsp3) is 0.263. The number of piperidine rings is 1. The number of hydrogen-bond donors (Lipinski definition) is 1. The molecule has 4 rings (SSSR count). The van der Waals surface area contributed by atoms with Gasteiger partial charge >= 0.3 is 0 Å². The molecule has 2 aromatic carbocycles. The number of aliphatic imine (C=N–C) groups is 1. The monoisotopic (exact) mass is 384 g/mol. The molecule has 0 aliphatic carbocycles. The van der Waals surface area contributed by atoms with Gasteiger partial charge in [-0.25, -0.2) is 12.8 Å². The summed E-state index contributed by atoms with van der Waals surface area (Å²) >= 11 is 0. The van der Waals surface area contributed by atoms with Crippen molar-refractivity contribution >= 4 is 21.5 Å². The molecule has 1 saturated heterocycles. The Morgan fingerprint density at radius 2 is 2.07 bits per heavy atom. The molecule has 0 radical (unpaired) electrons. The molecular weight excluding hydrogens is 367 g/mol. The summed E-state index contributed by atoms with van der Waals surface area (Å²) in [6.07, 6.45) is 1.61. The maximum atomic E-state index is 14.3. The first kappa shape index (κ1) is 17.5. The van der Waals surface area contributed by atoms with Crippen LogP contribution >= 0.6 is 0 Å². The van der Waals surface area contributed by atoms with Crippen molar-refractivity contribution in [2.75, 3.05) is 18.0 Å². The van der Waals surface area contributed by atoms with Gasteiger partial charge in [0.2, 0.25) is 0 Å². The summed E-state index contributed by atoms with van der Waals surface area (Å²) < 4.78 is 41.3. The van der Waals surface area contributed by atoms with E-state index in [0.717, 1.165) is 12.8 Å². The molecule has 8 heteroatoms. The predicted molar refractivity (Wildman–Crippen MR) is 99.7 cm³/mol. The van der Waals surface area contributed by atoms with E-state index in [0.29, 0.717) is 30.2 Å². The highest BCUT2D eigenvalue weighted by atomic mass is 32.2. The van der Waals surface area contributed by atoms with Crippen molar-refractivity contribution in [2.24, 2.45) is 4.99 Å². The summed E-state index contributed by atoms with van der Waals surface area (Å²) in [5.41, 5.74) is 1.28. The highest BCUT2D eigenvalue weighted by Crippen LogP contribution is 2.27. The van der Waals surface area contributed by atoms with Crippen LogP contribution in [0.25, 0.3) is 0 Å². The molecule has 2 aliphatic rings. The molecular formula is C19H17FN4O2S. The number of halogens is 1. The molecule has 0 aromatic heterocycles. The van der Waals surface area contributed by atoms with Gasteiger partial charge in [-0.15, -0.1) is 0 Å². The largest absolute Gasteiger partial charge is 0.367 e. The van der Waals surface area contributed by atoms with Crippen molar-refractivity contribution in [1.82, 2.24) is 4.72 Å². The highest BCUT2D eigenvalue weighted by Gasteiger charge is 2.31. The van der Waals surface area contributed by atoms with Crippen LogP contribution in [0.3, 0.4) is 0 Å². The lowest BCUT2D eigenvalue weighted by atomic mass is 10.0. The van der Waals surface area contributed by atoms with Crippen LogP contribution in [0.2, 0.25) is 0 Å². The molecule has 0 amide bonds. The highest BCUT2D eigenvalue weighted by molar-refractivity contribution is 7.90. The van der Waals surface area contributed by atoms with Crippen molar-refractivity contribution in [1.29, 1.82) is 5.26 Å². The van der Waals surface area contributed by atoms with Crippen LogP contribution in [-0.4, -0.2) is 33.4 Å². The Hall–Kier alpha value is -2.92. The summed E-state index contributed by atoms with van der Waals surface area (Å²) in [6.45, 7) is 1.17. The van der Waals surface area contributed by atoms with Gasteiger partial charge in [-0.1, -0.05) is 12.1 Å². The van der Waals surface area contributed by atoms with Gasteiger partial charge < -0.3 is 4.90 Å². The van der Waals surface area contributed by atoms with Gasteiger partial charge in [-0.05, 0) is 43.2 Å². The third-order valence-electron chi connectivity index (χ3n) is 4.79. The molecule has 138 valence electrons. The number of nitriles is 1. The zero-order valence-electron chi connectivity index (χ0n) is 14.4. The van der Waals surface area contributed by atoms with Gasteiger partial charge in [0.25, 0.3) is 10.0 Å². The number of nitrogens with one attached hydrogen (secondary N) is 1. The van der Waals surface area contributed by atoms with Gasteiger partial charge in [0.15, 0.2) is 0 Å². The fourth-order valence-corrected chi connectivity index (χ4v) is 4.76. The fourth-order valence-electron chi connectivity index (χ4n) is 3.52. The number of amidine groups is 1. The van der Waals surface area contributed by atoms with E-state index < -0.39 is 15.8 Å². The first-order chi connectivity index (χ1) is 13.0. The smallest absolute Gasteiger partial charge is 0.263 e. The minimum atomic E-state index is -3.57. The summed E-state index contributed by atoms with van der Waals surface area (Å²) in [5, 5.41) is 8.88. The lowest BCUT2D eigenvalue weighted by Gasteiger charge is -2.33. The maximum Gasteiger partial charge on any atom is 0.263 e. The Balaban J connectivity index is 1.60. The van der Waals surface area contributed by atoms with Crippen molar-refractivity contribution in [3.8, 4) is 6.07 Å². The van der Waals surface area contributed by atoms with Crippen LogP contribution in [0.1, 0.15) is 24.0 Å². The molecule has 0 spiro atoms. The van der Waals surface area contributed by atoms with Crippen LogP contribution < -0.4 is 9.62 Å². The second-order valence-corrected chi connectivity index (χ2v) is 8.25. The average Bonchev–Trinajstić information content (AvgIpc) is 2.92. The topological polar surface area (TPSA) is 85.6 Å². The Kier molecular flexibility index (Phi) is 4.32. The molecule has 2 heterocycles. The van der Waals surface area contributed by atoms with Crippen LogP contribution in [0.4, 0.5) is 10.1 Å². The Morgan fingerprint density at radius 3 is 2.85 bits per heavy atom. The summed E-state index contributed by atoms with van der Waals surface area (Å²) in [6, 6.07) is 12.9. The maximum absolute atomic E-state index is 14.3. The van der Waals surface area contributed by atoms with E-state index in [1.165, 1.54) is 6.07 Å². The second kappa shape index (κ2) is 6.67. The van der Waals surface area contributed by atoms with E-state index in [9.17, 15) is 12.8 Å². The molecule has 2 aromatic rings. The predicted octanol–water partition coefficient (Wildman–Crippen LogP) is 2.40. The van der Waals surface area contributed by atoms with Crippen LogP contribution in [-0.2, 0) is 10.0 Å². The minimum Gasteiger partial charge on any atom is -0.367 e. The van der Waals surface area contributed by atoms with Crippen molar-refractivity contribution in [3.63, 3.8) is 0 Å². The standard InChI is InChI=1S/C19H17FN4O2S/c20-16-10-13(11-21)7-8-17(16)24-9-3-4-14(12-24)22-19-15-5-1-2-6-18(15)27(25,26)23-19/h1-2,5-8,10,14H,3-4,9,12H2,(H,22,23). The van der Waals surface area contributed by atoms with Gasteiger partial charge in [0.05, 0.1) is 28.3 Å². The molecule has 0 bridgehead atoms. The lowest BCUT2D eigenvalue weighted by Crippen LogP contribution is -2.39. The number of nitrogens with zero attached hydrogens (tertiary/aromatic N) is 3. The van der Waals surface area contributed by atoms with E-state index in [2.05, 4.69) is 9.71 Å². The Morgan fingerprint density at radius 1 is 1.26 bits per heavy atom. The number of benzene rings is 2. The summed E-state index contributed by atoms with van der Waals surface area (Å²) in [5.74, 6) is -0.0907. The molecule has 1 unspecified atom stereocenters. The van der Waals surface area contributed by atoms with E-state index >= 15 is 0 Å². The first-order valence-corrected chi connectivity index (χ1v) is 10.1. The Labute approximate surface area is 157 Å². The quantitative estimate of drug-likeness (QED) is 0.862. The average molecular weight is 384 g/mol. The molecule has 27 heavy (non-hydrogen) atoms. The van der Waals surface area contributed by atoms with Crippen LogP contribution in [0, 0.1) is 17.1 Å². The molecule has 1 fully saturated rings. The van der Waals surface area contributed by atoms with E-state index in [-0.39, 0.29) is 16.5 Å². The number of anilines is 1. The zero-order chi connectivity index (χ0) is 19.0. The second-order valence-electron chi connectivity index (χ2n) is 6.60. The lowest BCUT2D eigenvalue weighted by molar-refractivity contribution is 0.499. The zero-order valence-corrected chi connectivity index (χ0v) is 15.2. The van der Waals surface area contributed by atoms with Gasteiger partial charge in [-0.2, -0.15) is 5.26 Å². The van der Waals surface area contributed by atoms with Crippen LogP contribution in [0.15, 0.2) is 52.4 Å². The van der Waals surface area contributed by atoms with Gasteiger partial charge in [0.1, 0.15) is 11.7 Å². The van der Waals surface area contributed by atoms with E-state index in [1.54, 1.807) is 36.4 Å². The third-order valence-corrected chi connectivity index (χ3v) is 6.19. The normalized spacial score (nSPS) is 22.1. The van der Waals surface area contributed by atoms with Gasteiger partial charge in [0, 0.05) is 18.7 Å². The first-order valence-electron chi connectivity index (χ1n) is 8.62. The molecule has 6 nitrogen and oxygen atoms in total. The van der Waals surface area contributed by atoms with Crippen molar-refractivity contribution in [2.45, 2.75) is 23.8 Å². The molecule has 1 atom stereocenters. The number of sulfonamides is 1. The van der Waals surface area contributed by atoms with Gasteiger partial charge in [-0.3, -0.25) is 9.71 Å². The van der Waals surface area contributed by atoms with Crippen molar-refractivity contribution < 1.29 is 12.8 Å². The third kappa shape index (κ3) is 3.26. The minimum absolute atomic E-state index is 0.155. The molecule has 0 saturated carbocycles. The van der Waals surface area contributed by atoms with E-state index in [1.807, 2.05) is 11.0 Å². The summed E-state index contributed by atoms with van der Waals surface area (Å²) in [7, 11) is -3.57. The summed E-state index contributed by atoms with van der Waals surface area (Å²) in [4.78, 5) is 6.75. The van der Waals surface area contributed by atoms with Crippen LogP contribution in [0.5, 0.6) is 0 Å². The molecule has 1 N–H and O–H groups in total. The number of fused-ring (bicyclic) bond motifs is 1. The van der Waals surface area contributed by atoms with E-state index in [4.69, 9.17) is 5.26 Å². The SMILES string of the molecule is N#Cc1ccc(N2CCCC(N=C3NS(=O)(=O)c4ccccc43)C2)c(F)c1. The number of hydrogen-bond acceptors (Lipinski definition) is 5. The molecule has 2 aliphatic heterocycles. The number of rotatable bonds is 2. The van der Waals surface area contributed by atoms with Crippen molar-refractivity contribution in [3.05, 3.63) is 59.4 Å². The Bertz CT molecular complexity index is 1080.